The molecule has 6 heteroatoms. The van der Waals surface area contributed by atoms with Gasteiger partial charge in [-0.25, -0.2) is 0 Å². The van der Waals surface area contributed by atoms with Crippen molar-refractivity contribution in [1.29, 1.82) is 0 Å². The second-order valence-corrected chi connectivity index (χ2v) is 4.09. The largest absolute Gasteiger partial charge is 0.481 e. The summed E-state index contributed by atoms with van der Waals surface area (Å²) in [6, 6.07) is 0. The summed E-state index contributed by atoms with van der Waals surface area (Å²) in [6.45, 7) is 3.34. The van der Waals surface area contributed by atoms with Crippen LogP contribution < -0.4 is 0 Å². The predicted octanol–water partition coefficient (Wildman–Crippen LogP) is 1.32. The molecule has 17 heavy (non-hydrogen) atoms. The zero-order chi connectivity index (χ0) is 12.7. The first-order chi connectivity index (χ1) is 8.11. The lowest BCUT2D eigenvalue weighted by molar-refractivity contribution is -0.137. The third kappa shape index (κ3) is 5.44. The number of aliphatic carboxylic acids is 1. The monoisotopic (exact) mass is 241 g/mol. The molecule has 1 aromatic rings. The molecule has 0 fully saturated rings. The van der Waals surface area contributed by atoms with Gasteiger partial charge in [0.2, 0.25) is 5.89 Å². The van der Waals surface area contributed by atoms with Crippen LogP contribution in [0.4, 0.5) is 0 Å². The Hall–Kier alpha value is -1.43. The van der Waals surface area contributed by atoms with E-state index in [1.807, 2.05) is 11.9 Å². The standard InChI is InChI=1S/C11H19N3O3/c1-3-5-9-12-10(17-13-9)8-14(2)7-4-6-11(15)16/h3-8H2,1-2H3,(H,15,16). The van der Waals surface area contributed by atoms with Crippen LogP contribution in [0.3, 0.4) is 0 Å². The summed E-state index contributed by atoms with van der Waals surface area (Å²) in [4.78, 5) is 16.6. The predicted molar refractivity (Wildman–Crippen MR) is 61.5 cm³/mol. The number of carboxylic acids is 1. The molecule has 0 saturated carbocycles. The zero-order valence-corrected chi connectivity index (χ0v) is 10.3. The normalized spacial score (nSPS) is 11.0. The number of carbonyl (C=O) groups is 1. The van der Waals surface area contributed by atoms with E-state index in [4.69, 9.17) is 9.63 Å². The van der Waals surface area contributed by atoms with Gasteiger partial charge in [-0.1, -0.05) is 12.1 Å². The van der Waals surface area contributed by atoms with E-state index in [1.54, 1.807) is 0 Å². The van der Waals surface area contributed by atoms with Crippen LogP contribution in [0.25, 0.3) is 0 Å². The van der Waals surface area contributed by atoms with Crippen LogP contribution >= 0.6 is 0 Å². The Labute approximate surface area is 101 Å². The third-order valence-corrected chi connectivity index (χ3v) is 2.32. The number of aromatic nitrogens is 2. The van der Waals surface area contributed by atoms with E-state index in [2.05, 4.69) is 17.1 Å². The third-order valence-electron chi connectivity index (χ3n) is 2.32. The number of nitrogens with zero attached hydrogens (tertiary/aromatic N) is 3. The molecule has 96 valence electrons. The van der Waals surface area contributed by atoms with Gasteiger partial charge in [0.15, 0.2) is 5.82 Å². The molecular weight excluding hydrogens is 222 g/mol. The highest BCUT2D eigenvalue weighted by Crippen LogP contribution is 2.04. The van der Waals surface area contributed by atoms with E-state index in [0.717, 1.165) is 18.7 Å². The maximum atomic E-state index is 10.4. The summed E-state index contributed by atoms with van der Waals surface area (Å²) >= 11 is 0. The Kier molecular flexibility index (Phi) is 5.62. The fraction of sp³-hybridized carbons (Fsp3) is 0.727. The minimum Gasteiger partial charge on any atom is -0.481 e. The van der Waals surface area contributed by atoms with Gasteiger partial charge in [-0.2, -0.15) is 4.98 Å². The molecule has 0 saturated heterocycles. The molecule has 0 unspecified atom stereocenters. The van der Waals surface area contributed by atoms with Crippen molar-refractivity contribution in [2.24, 2.45) is 0 Å². The van der Waals surface area contributed by atoms with Crippen LogP contribution in [-0.4, -0.2) is 39.7 Å². The average molecular weight is 241 g/mol. The second-order valence-electron chi connectivity index (χ2n) is 4.09. The van der Waals surface area contributed by atoms with E-state index in [-0.39, 0.29) is 6.42 Å². The lowest BCUT2D eigenvalue weighted by atomic mass is 10.3. The number of rotatable bonds is 8. The maximum Gasteiger partial charge on any atom is 0.303 e. The van der Waals surface area contributed by atoms with Crippen molar-refractivity contribution in [3.05, 3.63) is 11.7 Å². The molecule has 0 bridgehead atoms. The van der Waals surface area contributed by atoms with Crippen molar-refractivity contribution in [1.82, 2.24) is 15.0 Å². The van der Waals surface area contributed by atoms with Crippen LogP contribution in [0.15, 0.2) is 4.52 Å². The first kappa shape index (κ1) is 13.6. The quantitative estimate of drug-likeness (QED) is 0.739. The van der Waals surface area contributed by atoms with E-state index < -0.39 is 5.97 Å². The van der Waals surface area contributed by atoms with Crippen molar-refractivity contribution in [3.63, 3.8) is 0 Å². The highest BCUT2D eigenvalue weighted by Gasteiger charge is 2.08. The van der Waals surface area contributed by atoms with Gasteiger partial charge < -0.3 is 9.63 Å². The summed E-state index contributed by atoms with van der Waals surface area (Å²) in [5, 5.41) is 12.4. The molecule has 1 N–H and O–H groups in total. The van der Waals surface area contributed by atoms with Crippen molar-refractivity contribution < 1.29 is 14.4 Å². The molecule has 0 aliphatic rings. The smallest absolute Gasteiger partial charge is 0.303 e. The first-order valence-electron chi connectivity index (χ1n) is 5.83. The number of aryl methyl sites for hydroxylation is 1. The Morgan fingerprint density at radius 3 is 2.94 bits per heavy atom. The molecule has 1 heterocycles. The summed E-state index contributed by atoms with van der Waals surface area (Å²) < 4.78 is 5.10. The molecule has 0 aromatic carbocycles. The highest BCUT2D eigenvalue weighted by atomic mass is 16.5. The second kappa shape index (κ2) is 7.01. The SMILES string of the molecule is CCCc1noc(CN(C)CCCC(=O)O)n1. The highest BCUT2D eigenvalue weighted by molar-refractivity contribution is 5.66. The maximum absolute atomic E-state index is 10.4. The van der Waals surface area contributed by atoms with E-state index in [1.165, 1.54) is 0 Å². The summed E-state index contributed by atoms with van der Waals surface area (Å²) in [6.07, 6.45) is 2.64. The Bertz CT molecular complexity index is 351. The molecule has 1 rings (SSSR count). The van der Waals surface area contributed by atoms with Gasteiger partial charge in [0.25, 0.3) is 0 Å². The fourth-order valence-corrected chi connectivity index (χ4v) is 1.49. The van der Waals surface area contributed by atoms with Gasteiger partial charge in [0, 0.05) is 12.8 Å². The van der Waals surface area contributed by atoms with Crippen LogP contribution in [0.1, 0.15) is 37.9 Å². The van der Waals surface area contributed by atoms with Crippen molar-refractivity contribution in [2.45, 2.75) is 39.2 Å². The van der Waals surface area contributed by atoms with E-state index >= 15 is 0 Å². The van der Waals surface area contributed by atoms with Crippen LogP contribution in [0, 0.1) is 0 Å². The molecule has 1 aromatic heterocycles. The lowest BCUT2D eigenvalue weighted by Gasteiger charge is -2.12. The molecule has 0 radical (unpaired) electrons. The van der Waals surface area contributed by atoms with Gasteiger partial charge in [0.1, 0.15) is 0 Å². The van der Waals surface area contributed by atoms with Gasteiger partial charge in [-0.3, -0.25) is 9.69 Å². The molecule has 0 atom stereocenters. The van der Waals surface area contributed by atoms with Crippen LogP contribution in [0.5, 0.6) is 0 Å². The zero-order valence-electron chi connectivity index (χ0n) is 10.3. The minimum atomic E-state index is -0.763. The fourth-order valence-electron chi connectivity index (χ4n) is 1.49. The molecule has 0 amide bonds. The Balaban J connectivity index is 2.29. The Morgan fingerprint density at radius 2 is 2.29 bits per heavy atom. The van der Waals surface area contributed by atoms with Gasteiger partial charge in [0.05, 0.1) is 6.54 Å². The molecular formula is C11H19N3O3. The van der Waals surface area contributed by atoms with Crippen LogP contribution in [-0.2, 0) is 17.8 Å². The number of carboxylic acid groups (broad SMARTS) is 1. The van der Waals surface area contributed by atoms with E-state index in [0.29, 0.717) is 25.4 Å². The topological polar surface area (TPSA) is 79.5 Å². The van der Waals surface area contributed by atoms with E-state index in [9.17, 15) is 4.79 Å². The summed E-state index contributed by atoms with van der Waals surface area (Å²) in [5.41, 5.74) is 0. The number of hydrogen-bond donors (Lipinski definition) is 1. The summed E-state index contributed by atoms with van der Waals surface area (Å²) in [7, 11) is 1.91. The summed E-state index contributed by atoms with van der Waals surface area (Å²) in [5.74, 6) is 0.564. The van der Waals surface area contributed by atoms with Crippen molar-refractivity contribution in [3.8, 4) is 0 Å². The first-order valence-corrected chi connectivity index (χ1v) is 5.83. The molecule has 0 aliphatic carbocycles. The molecule has 6 nitrogen and oxygen atoms in total. The average Bonchev–Trinajstić information content (AvgIpc) is 2.65. The van der Waals surface area contributed by atoms with Gasteiger partial charge >= 0.3 is 5.97 Å². The molecule has 0 aliphatic heterocycles. The number of hydrogen-bond acceptors (Lipinski definition) is 5. The lowest BCUT2D eigenvalue weighted by Crippen LogP contribution is -2.20. The van der Waals surface area contributed by atoms with Crippen molar-refractivity contribution in [2.75, 3.05) is 13.6 Å². The van der Waals surface area contributed by atoms with Crippen molar-refractivity contribution >= 4 is 5.97 Å². The minimum absolute atomic E-state index is 0.190. The Morgan fingerprint density at radius 1 is 1.53 bits per heavy atom. The van der Waals surface area contributed by atoms with Gasteiger partial charge in [-0.05, 0) is 26.4 Å². The van der Waals surface area contributed by atoms with Crippen LogP contribution in [0.2, 0.25) is 0 Å². The van der Waals surface area contributed by atoms with Gasteiger partial charge in [-0.15, -0.1) is 0 Å². The molecule has 0 spiro atoms.